The number of halogens is 1. The zero-order valence-corrected chi connectivity index (χ0v) is 6.45. The summed E-state index contributed by atoms with van der Waals surface area (Å²) >= 11 is 5.66. The van der Waals surface area contributed by atoms with Gasteiger partial charge in [-0.25, -0.2) is 0 Å². The van der Waals surface area contributed by atoms with Gasteiger partial charge in [0.05, 0.1) is 5.69 Å². The first kappa shape index (κ1) is 7.95. The predicted octanol–water partition coefficient (Wildman–Crippen LogP) is 1.95. The fourth-order valence-electron chi connectivity index (χ4n) is 0.650. The third-order valence-corrected chi connectivity index (χ3v) is 1.32. The van der Waals surface area contributed by atoms with Gasteiger partial charge in [0.1, 0.15) is 6.29 Å². The SMILES string of the molecule is O=CC=Cc1cc(Cl)ccn1. The van der Waals surface area contributed by atoms with Crippen molar-refractivity contribution in [2.45, 2.75) is 0 Å². The van der Waals surface area contributed by atoms with Crippen molar-refractivity contribution >= 4 is 24.0 Å². The summed E-state index contributed by atoms with van der Waals surface area (Å²) in [6.45, 7) is 0. The average molecular weight is 168 g/mol. The number of aromatic nitrogens is 1. The molecular formula is C8H6ClNO. The van der Waals surface area contributed by atoms with Crippen LogP contribution in [0.3, 0.4) is 0 Å². The molecule has 0 saturated carbocycles. The van der Waals surface area contributed by atoms with E-state index in [1.807, 2.05) is 0 Å². The molecule has 2 nitrogen and oxygen atoms in total. The van der Waals surface area contributed by atoms with Crippen LogP contribution in [-0.4, -0.2) is 11.3 Å². The Labute approximate surface area is 69.5 Å². The van der Waals surface area contributed by atoms with Crippen molar-refractivity contribution in [1.29, 1.82) is 0 Å². The average Bonchev–Trinajstić information content (AvgIpc) is 2.01. The van der Waals surface area contributed by atoms with Gasteiger partial charge in [0.25, 0.3) is 0 Å². The molecule has 1 heterocycles. The number of pyridine rings is 1. The molecule has 0 saturated heterocycles. The lowest BCUT2D eigenvalue weighted by Gasteiger charge is -1.90. The summed E-state index contributed by atoms with van der Waals surface area (Å²) in [5.74, 6) is 0. The van der Waals surface area contributed by atoms with Crippen LogP contribution in [0.1, 0.15) is 5.69 Å². The fourth-order valence-corrected chi connectivity index (χ4v) is 0.818. The van der Waals surface area contributed by atoms with Gasteiger partial charge < -0.3 is 0 Å². The van der Waals surface area contributed by atoms with Crippen molar-refractivity contribution < 1.29 is 4.79 Å². The highest BCUT2D eigenvalue weighted by Crippen LogP contribution is 2.08. The molecule has 0 fully saturated rings. The lowest BCUT2D eigenvalue weighted by Crippen LogP contribution is -1.77. The number of hydrogen-bond acceptors (Lipinski definition) is 2. The number of hydrogen-bond donors (Lipinski definition) is 0. The van der Waals surface area contributed by atoms with Gasteiger partial charge in [0, 0.05) is 11.2 Å². The number of allylic oxidation sites excluding steroid dienone is 1. The topological polar surface area (TPSA) is 30.0 Å². The summed E-state index contributed by atoms with van der Waals surface area (Å²) in [6.07, 6.45) is 5.26. The second-order valence-corrected chi connectivity index (χ2v) is 2.33. The molecule has 0 radical (unpaired) electrons. The van der Waals surface area contributed by atoms with E-state index in [1.165, 1.54) is 6.08 Å². The number of rotatable bonds is 2. The molecule has 3 heteroatoms. The van der Waals surface area contributed by atoms with Crippen molar-refractivity contribution in [2.24, 2.45) is 0 Å². The molecule has 1 rings (SSSR count). The third-order valence-electron chi connectivity index (χ3n) is 1.09. The van der Waals surface area contributed by atoms with E-state index in [1.54, 1.807) is 24.4 Å². The predicted molar refractivity (Wildman–Crippen MR) is 44.3 cm³/mol. The number of carbonyl (C=O) groups is 1. The Morgan fingerprint density at radius 3 is 3.00 bits per heavy atom. The summed E-state index contributed by atoms with van der Waals surface area (Å²) in [5, 5.41) is 0.616. The quantitative estimate of drug-likeness (QED) is 0.498. The van der Waals surface area contributed by atoms with E-state index in [2.05, 4.69) is 4.98 Å². The molecule has 0 aliphatic rings. The second kappa shape index (κ2) is 3.88. The molecule has 0 amide bonds. The van der Waals surface area contributed by atoms with E-state index in [0.29, 0.717) is 17.0 Å². The maximum absolute atomic E-state index is 9.92. The van der Waals surface area contributed by atoms with Crippen LogP contribution in [0, 0.1) is 0 Å². The molecule has 0 aliphatic carbocycles. The van der Waals surface area contributed by atoms with Gasteiger partial charge in [-0.3, -0.25) is 9.78 Å². The van der Waals surface area contributed by atoms with Gasteiger partial charge in [0.2, 0.25) is 0 Å². The van der Waals surface area contributed by atoms with Crippen LogP contribution in [0.15, 0.2) is 24.4 Å². The maximum atomic E-state index is 9.92. The molecule has 0 aromatic carbocycles. The highest BCUT2D eigenvalue weighted by Gasteiger charge is 1.88. The van der Waals surface area contributed by atoms with Gasteiger partial charge in [-0.1, -0.05) is 11.6 Å². The van der Waals surface area contributed by atoms with Crippen molar-refractivity contribution in [3.05, 3.63) is 35.1 Å². The molecular weight excluding hydrogens is 162 g/mol. The Kier molecular flexibility index (Phi) is 2.81. The minimum absolute atomic E-state index is 0.616. The molecule has 56 valence electrons. The molecule has 0 unspecified atom stereocenters. The van der Waals surface area contributed by atoms with Gasteiger partial charge in [0.15, 0.2) is 0 Å². The Bertz CT molecular complexity index is 283. The number of carbonyl (C=O) groups excluding carboxylic acids is 1. The summed E-state index contributed by atoms with van der Waals surface area (Å²) < 4.78 is 0. The lowest BCUT2D eigenvalue weighted by molar-refractivity contribution is -0.104. The molecule has 1 aromatic heterocycles. The van der Waals surface area contributed by atoms with Crippen LogP contribution in [0.2, 0.25) is 5.02 Å². The third kappa shape index (κ3) is 2.51. The highest BCUT2D eigenvalue weighted by molar-refractivity contribution is 6.30. The van der Waals surface area contributed by atoms with E-state index in [0.717, 1.165) is 0 Å². The normalized spacial score (nSPS) is 10.3. The van der Waals surface area contributed by atoms with Gasteiger partial charge in [-0.05, 0) is 24.3 Å². The zero-order chi connectivity index (χ0) is 8.10. The standard InChI is InChI=1S/C8H6ClNO/c9-7-3-4-10-8(6-7)2-1-5-11/h1-6H. The van der Waals surface area contributed by atoms with Gasteiger partial charge >= 0.3 is 0 Å². The van der Waals surface area contributed by atoms with E-state index >= 15 is 0 Å². The van der Waals surface area contributed by atoms with Crippen LogP contribution in [0.4, 0.5) is 0 Å². The van der Waals surface area contributed by atoms with E-state index < -0.39 is 0 Å². The number of nitrogens with zero attached hydrogens (tertiary/aromatic N) is 1. The molecule has 11 heavy (non-hydrogen) atoms. The van der Waals surface area contributed by atoms with Crippen LogP contribution >= 0.6 is 11.6 Å². The van der Waals surface area contributed by atoms with Gasteiger partial charge in [-0.2, -0.15) is 0 Å². The first-order valence-electron chi connectivity index (χ1n) is 3.06. The van der Waals surface area contributed by atoms with Crippen LogP contribution < -0.4 is 0 Å². The summed E-state index contributed by atoms with van der Waals surface area (Å²) in [5.41, 5.74) is 0.685. The summed E-state index contributed by atoms with van der Waals surface area (Å²) in [4.78, 5) is 13.9. The van der Waals surface area contributed by atoms with Crippen LogP contribution in [0.5, 0.6) is 0 Å². The first-order chi connectivity index (χ1) is 5.33. The Balaban J connectivity index is 2.87. The Hall–Kier alpha value is -1.15. The molecule has 1 aromatic rings. The summed E-state index contributed by atoms with van der Waals surface area (Å²) in [6, 6.07) is 3.36. The van der Waals surface area contributed by atoms with E-state index in [-0.39, 0.29) is 0 Å². The molecule has 0 N–H and O–H groups in total. The minimum atomic E-state index is 0.616. The zero-order valence-electron chi connectivity index (χ0n) is 5.70. The van der Waals surface area contributed by atoms with Crippen molar-refractivity contribution in [1.82, 2.24) is 4.98 Å². The van der Waals surface area contributed by atoms with Crippen molar-refractivity contribution in [3.63, 3.8) is 0 Å². The molecule has 0 aliphatic heterocycles. The smallest absolute Gasteiger partial charge is 0.142 e. The van der Waals surface area contributed by atoms with Crippen molar-refractivity contribution in [2.75, 3.05) is 0 Å². The van der Waals surface area contributed by atoms with E-state index in [4.69, 9.17) is 11.6 Å². The van der Waals surface area contributed by atoms with Crippen LogP contribution in [-0.2, 0) is 4.79 Å². The lowest BCUT2D eigenvalue weighted by atomic mass is 10.3. The Morgan fingerprint density at radius 2 is 2.36 bits per heavy atom. The monoisotopic (exact) mass is 167 g/mol. The molecule has 0 atom stereocenters. The van der Waals surface area contributed by atoms with E-state index in [9.17, 15) is 4.79 Å². The number of aldehydes is 1. The Morgan fingerprint density at radius 1 is 1.55 bits per heavy atom. The second-order valence-electron chi connectivity index (χ2n) is 1.89. The van der Waals surface area contributed by atoms with Gasteiger partial charge in [-0.15, -0.1) is 0 Å². The first-order valence-corrected chi connectivity index (χ1v) is 3.44. The van der Waals surface area contributed by atoms with Crippen LogP contribution in [0.25, 0.3) is 6.08 Å². The maximum Gasteiger partial charge on any atom is 0.142 e. The van der Waals surface area contributed by atoms with Crippen molar-refractivity contribution in [3.8, 4) is 0 Å². The molecule has 0 spiro atoms. The highest BCUT2D eigenvalue weighted by atomic mass is 35.5. The molecule has 0 bridgehead atoms. The largest absolute Gasteiger partial charge is 0.299 e. The summed E-state index contributed by atoms with van der Waals surface area (Å²) in [7, 11) is 0. The fraction of sp³-hybridized carbons (Fsp3) is 0. The minimum Gasteiger partial charge on any atom is -0.299 e.